The average molecular weight is 319 g/mol. The molecule has 0 spiro atoms. The van der Waals surface area contributed by atoms with Crippen LogP contribution in [0.25, 0.3) is 10.2 Å². The average Bonchev–Trinajstić information content (AvgIpc) is 3.11. The molecule has 0 aliphatic carbocycles. The zero-order valence-electron chi connectivity index (χ0n) is 11.1. The summed E-state index contributed by atoms with van der Waals surface area (Å²) < 4.78 is 1.13. The Bertz CT molecular complexity index is 726. The molecule has 0 fully saturated rings. The Morgan fingerprint density at radius 1 is 1.43 bits per heavy atom. The first-order chi connectivity index (χ1) is 10.2. The molecular weight excluding hydrogens is 306 g/mol. The minimum atomic E-state index is -0.863. The van der Waals surface area contributed by atoms with Crippen molar-refractivity contribution in [3.8, 4) is 0 Å². The third-order valence-corrected chi connectivity index (χ3v) is 5.88. The van der Waals surface area contributed by atoms with Crippen molar-refractivity contribution in [3.05, 3.63) is 22.7 Å². The zero-order chi connectivity index (χ0) is 14.4. The van der Waals surface area contributed by atoms with E-state index in [1.807, 2.05) is 0 Å². The van der Waals surface area contributed by atoms with E-state index in [9.17, 15) is 4.79 Å². The normalized spacial score (nSPS) is 21.0. The van der Waals surface area contributed by atoms with Crippen molar-refractivity contribution in [3.63, 3.8) is 0 Å². The number of hydrogen-bond acceptors (Lipinski definition) is 6. The summed E-state index contributed by atoms with van der Waals surface area (Å²) in [5.74, 6) is -0.364. The van der Waals surface area contributed by atoms with E-state index in [4.69, 9.17) is 5.11 Å². The van der Waals surface area contributed by atoms with Crippen molar-refractivity contribution in [1.82, 2.24) is 4.98 Å². The fraction of sp³-hybridized carbons (Fsp3) is 0.357. The van der Waals surface area contributed by atoms with Crippen LogP contribution in [0.1, 0.15) is 17.0 Å². The lowest BCUT2D eigenvalue weighted by Gasteiger charge is -2.17. The summed E-state index contributed by atoms with van der Waals surface area (Å²) in [5, 5.41) is 14.0. The molecule has 0 bridgehead atoms. The van der Waals surface area contributed by atoms with Crippen LogP contribution < -0.4 is 5.32 Å². The molecule has 7 heteroatoms. The second kappa shape index (κ2) is 4.99. The molecule has 108 valence electrons. The number of thioether (sulfide) groups is 1. The van der Waals surface area contributed by atoms with Crippen LogP contribution >= 0.6 is 23.1 Å². The molecule has 21 heavy (non-hydrogen) atoms. The maximum absolute atomic E-state index is 11.0. The standard InChI is InChI=1S/C14H13N3O2S2/c18-14(19)10-6-20-12(17-10)13-16-9-4-7-2-1-3-15-8(7)5-11(9)21-13/h4-5,10,15H,1-3,6H2,(H,18,19)/t10-/m1/s1. The number of thiazole rings is 1. The molecule has 1 aromatic carbocycles. The van der Waals surface area contributed by atoms with E-state index in [0.717, 1.165) is 39.7 Å². The Balaban J connectivity index is 1.74. The number of carboxylic acids is 1. The number of nitrogens with one attached hydrogen (secondary N) is 1. The highest BCUT2D eigenvalue weighted by Gasteiger charge is 2.27. The molecule has 2 aliphatic heterocycles. The molecule has 0 saturated heterocycles. The maximum Gasteiger partial charge on any atom is 0.329 e. The molecule has 1 aromatic heterocycles. The molecule has 3 heterocycles. The summed E-state index contributed by atoms with van der Waals surface area (Å²) in [4.78, 5) is 19.9. The van der Waals surface area contributed by atoms with Gasteiger partial charge in [0.25, 0.3) is 0 Å². The van der Waals surface area contributed by atoms with Crippen LogP contribution in [0.15, 0.2) is 17.1 Å². The van der Waals surface area contributed by atoms with Gasteiger partial charge in [-0.2, -0.15) is 0 Å². The van der Waals surface area contributed by atoms with Gasteiger partial charge in [-0.3, -0.25) is 4.99 Å². The van der Waals surface area contributed by atoms with Gasteiger partial charge in [-0.15, -0.1) is 23.1 Å². The van der Waals surface area contributed by atoms with Gasteiger partial charge in [-0.1, -0.05) is 0 Å². The van der Waals surface area contributed by atoms with Gasteiger partial charge >= 0.3 is 5.97 Å². The predicted molar refractivity (Wildman–Crippen MR) is 86.8 cm³/mol. The summed E-state index contributed by atoms with van der Waals surface area (Å²) in [6.07, 6.45) is 2.24. The molecule has 4 rings (SSSR count). The highest BCUT2D eigenvalue weighted by Crippen LogP contribution is 2.34. The van der Waals surface area contributed by atoms with E-state index >= 15 is 0 Å². The fourth-order valence-electron chi connectivity index (χ4n) is 2.60. The van der Waals surface area contributed by atoms with E-state index in [1.165, 1.54) is 23.0 Å². The number of nitrogens with zero attached hydrogens (tertiary/aromatic N) is 2. The smallest absolute Gasteiger partial charge is 0.329 e. The van der Waals surface area contributed by atoms with Crippen molar-refractivity contribution < 1.29 is 9.90 Å². The quantitative estimate of drug-likeness (QED) is 0.890. The van der Waals surface area contributed by atoms with Crippen LogP contribution in [0, 0.1) is 0 Å². The highest BCUT2D eigenvalue weighted by molar-refractivity contribution is 8.15. The lowest BCUT2D eigenvalue weighted by atomic mass is 10.0. The largest absolute Gasteiger partial charge is 0.480 e. The summed E-state index contributed by atoms with van der Waals surface area (Å²) >= 11 is 3.07. The van der Waals surface area contributed by atoms with Gasteiger partial charge < -0.3 is 10.4 Å². The Labute approximate surface area is 129 Å². The van der Waals surface area contributed by atoms with Crippen LogP contribution in [0.5, 0.6) is 0 Å². The van der Waals surface area contributed by atoms with Crippen molar-refractivity contribution in [1.29, 1.82) is 0 Å². The van der Waals surface area contributed by atoms with Gasteiger partial charge in [0.1, 0.15) is 10.1 Å². The SMILES string of the molecule is O=C(O)[C@H]1CSC(c2nc3cc4c(cc3s2)NCCC4)=N1. The van der Waals surface area contributed by atoms with Crippen LogP contribution in [0.4, 0.5) is 5.69 Å². The highest BCUT2D eigenvalue weighted by atomic mass is 32.2. The van der Waals surface area contributed by atoms with Gasteiger partial charge in [0, 0.05) is 18.0 Å². The Kier molecular flexibility index (Phi) is 3.11. The minimum Gasteiger partial charge on any atom is -0.480 e. The number of anilines is 1. The molecule has 0 saturated carbocycles. The van der Waals surface area contributed by atoms with Crippen LogP contribution in [0.2, 0.25) is 0 Å². The molecule has 0 unspecified atom stereocenters. The zero-order valence-corrected chi connectivity index (χ0v) is 12.8. The van der Waals surface area contributed by atoms with Crippen LogP contribution in [0.3, 0.4) is 0 Å². The molecular formula is C14H13N3O2S2. The fourth-order valence-corrected chi connectivity index (χ4v) is 4.68. The predicted octanol–water partition coefficient (Wildman–Crippen LogP) is 2.60. The van der Waals surface area contributed by atoms with E-state index in [1.54, 1.807) is 11.3 Å². The number of benzene rings is 1. The molecule has 5 nitrogen and oxygen atoms in total. The lowest BCUT2D eigenvalue weighted by Crippen LogP contribution is -2.17. The van der Waals surface area contributed by atoms with Gasteiger partial charge in [0.15, 0.2) is 6.04 Å². The molecule has 0 radical (unpaired) electrons. The number of carboxylic acid groups (broad SMARTS) is 1. The number of carbonyl (C=O) groups is 1. The second-order valence-electron chi connectivity index (χ2n) is 5.13. The molecule has 2 aromatic rings. The van der Waals surface area contributed by atoms with Crippen molar-refractivity contribution in [2.45, 2.75) is 18.9 Å². The van der Waals surface area contributed by atoms with Gasteiger partial charge in [0.2, 0.25) is 0 Å². The maximum atomic E-state index is 11.0. The number of aryl methyl sites for hydroxylation is 1. The monoisotopic (exact) mass is 319 g/mol. The number of aliphatic imine (C=N–C) groups is 1. The molecule has 2 aliphatic rings. The van der Waals surface area contributed by atoms with E-state index in [0.29, 0.717) is 5.75 Å². The van der Waals surface area contributed by atoms with E-state index in [2.05, 4.69) is 27.4 Å². The summed E-state index contributed by atoms with van der Waals surface area (Å²) in [5.41, 5.74) is 3.50. The number of rotatable bonds is 2. The van der Waals surface area contributed by atoms with E-state index in [-0.39, 0.29) is 0 Å². The molecule has 1 atom stereocenters. The first kappa shape index (κ1) is 13.1. The summed E-state index contributed by atoms with van der Waals surface area (Å²) in [6.45, 7) is 1.02. The summed E-state index contributed by atoms with van der Waals surface area (Å²) in [6, 6.07) is 3.66. The second-order valence-corrected chi connectivity index (χ2v) is 7.17. The Morgan fingerprint density at radius 3 is 3.14 bits per heavy atom. The minimum absolute atomic E-state index is 0.499. The van der Waals surface area contributed by atoms with Gasteiger partial charge in [-0.05, 0) is 30.5 Å². The van der Waals surface area contributed by atoms with Crippen molar-refractivity contribution in [2.75, 3.05) is 17.6 Å². The van der Waals surface area contributed by atoms with Crippen molar-refractivity contribution in [2.24, 2.45) is 4.99 Å². The number of aliphatic carboxylic acids is 1. The Morgan fingerprint density at radius 2 is 2.33 bits per heavy atom. The number of fused-ring (bicyclic) bond motifs is 2. The molecule has 2 N–H and O–H groups in total. The van der Waals surface area contributed by atoms with Gasteiger partial charge in [-0.25, -0.2) is 9.78 Å². The van der Waals surface area contributed by atoms with Crippen LogP contribution in [-0.2, 0) is 11.2 Å². The third-order valence-electron chi connectivity index (χ3n) is 3.67. The summed E-state index contributed by atoms with van der Waals surface area (Å²) in [7, 11) is 0. The topological polar surface area (TPSA) is 74.6 Å². The van der Waals surface area contributed by atoms with E-state index < -0.39 is 12.0 Å². The Hall–Kier alpha value is -1.60. The van der Waals surface area contributed by atoms with Crippen molar-refractivity contribution >= 4 is 50.0 Å². The van der Waals surface area contributed by atoms with Gasteiger partial charge in [0.05, 0.1) is 10.2 Å². The first-order valence-electron chi connectivity index (χ1n) is 6.82. The lowest BCUT2D eigenvalue weighted by molar-refractivity contribution is -0.137. The molecule has 0 amide bonds. The third kappa shape index (κ3) is 2.30. The number of hydrogen-bond donors (Lipinski definition) is 2. The number of aromatic nitrogens is 1. The first-order valence-corrected chi connectivity index (χ1v) is 8.62. The van der Waals surface area contributed by atoms with Crippen LogP contribution in [-0.4, -0.2) is 39.4 Å².